The van der Waals surface area contributed by atoms with Gasteiger partial charge < -0.3 is 5.73 Å². The Labute approximate surface area is 82.0 Å². The maximum atomic E-state index is 13.2. The summed E-state index contributed by atoms with van der Waals surface area (Å²) in [6.45, 7) is 1.27. The predicted octanol–water partition coefficient (Wildman–Crippen LogP) is 1.30. The van der Waals surface area contributed by atoms with Crippen LogP contribution >= 0.6 is 0 Å². The fourth-order valence-electron chi connectivity index (χ4n) is 1.46. The Morgan fingerprint density at radius 1 is 1.43 bits per heavy atom. The van der Waals surface area contributed by atoms with Gasteiger partial charge in [0.1, 0.15) is 11.7 Å². The van der Waals surface area contributed by atoms with Gasteiger partial charge >= 0.3 is 0 Å². The van der Waals surface area contributed by atoms with Gasteiger partial charge in [-0.1, -0.05) is 18.2 Å². The summed E-state index contributed by atoms with van der Waals surface area (Å²) in [6.07, 6.45) is 0.772. The van der Waals surface area contributed by atoms with Gasteiger partial charge in [0.2, 0.25) is 0 Å². The van der Waals surface area contributed by atoms with Crippen LogP contribution in [0.15, 0.2) is 29.4 Å². The molecule has 0 spiro atoms. The van der Waals surface area contributed by atoms with Gasteiger partial charge in [-0.25, -0.2) is 4.39 Å². The van der Waals surface area contributed by atoms with Crippen LogP contribution in [-0.2, 0) is 6.54 Å². The van der Waals surface area contributed by atoms with Gasteiger partial charge in [-0.15, -0.1) is 0 Å². The number of halogens is 1. The molecule has 0 saturated carbocycles. The molecule has 1 aliphatic rings. The summed E-state index contributed by atoms with van der Waals surface area (Å²) in [6, 6.07) is 6.72. The van der Waals surface area contributed by atoms with Crippen LogP contribution in [0.1, 0.15) is 12.0 Å². The first-order valence-electron chi connectivity index (χ1n) is 4.57. The fraction of sp³-hybridized carbons (Fsp3) is 0.300. The van der Waals surface area contributed by atoms with E-state index in [0.29, 0.717) is 17.9 Å². The third-order valence-electron chi connectivity index (χ3n) is 2.21. The van der Waals surface area contributed by atoms with Crippen LogP contribution in [0.25, 0.3) is 0 Å². The van der Waals surface area contributed by atoms with Crippen molar-refractivity contribution in [3.63, 3.8) is 0 Å². The van der Waals surface area contributed by atoms with Crippen molar-refractivity contribution in [1.82, 2.24) is 5.01 Å². The number of hydrogen-bond acceptors (Lipinski definition) is 3. The first-order valence-corrected chi connectivity index (χ1v) is 4.57. The van der Waals surface area contributed by atoms with E-state index in [0.717, 1.165) is 13.0 Å². The second kappa shape index (κ2) is 3.65. The summed E-state index contributed by atoms with van der Waals surface area (Å²) in [4.78, 5) is 0. The smallest absolute Gasteiger partial charge is 0.128 e. The predicted molar refractivity (Wildman–Crippen MR) is 53.0 cm³/mol. The van der Waals surface area contributed by atoms with Crippen LogP contribution in [0, 0.1) is 5.82 Å². The normalized spacial score (nSPS) is 15.8. The lowest BCUT2D eigenvalue weighted by Gasteiger charge is -2.13. The zero-order valence-electron chi connectivity index (χ0n) is 7.78. The molecule has 0 unspecified atom stereocenters. The van der Waals surface area contributed by atoms with Crippen molar-refractivity contribution in [1.29, 1.82) is 0 Å². The highest BCUT2D eigenvalue weighted by Gasteiger charge is 2.13. The lowest BCUT2D eigenvalue weighted by molar-refractivity contribution is 0.305. The molecular formula is C10H12FN3. The number of amidine groups is 1. The standard InChI is InChI=1S/C10H12FN3/c11-9-4-2-1-3-8(9)7-14-6-5-10(12)13-14/h1-4H,5-7H2,(H2,12,13). The first-order chi connectivity index (χ1) is 6.75. The number of rotatable bonds is 2. The molecule has 2 N–H and O–H groups in total. The third kappa shape index (κ3) is 1.84. The zero-order chi connectivity index (χ0) is 9.97. The fourth-order valence-corrected chi connectivity index (χ4v) is 1.46. The Kier molecular flexibility index (Phi) is 2.35. The summed E-state index contributed by atoms with van der Waals surface area (Å²) in [5, 5.41) is 5.87. The van der Waals surface area contributed by atoms with Gasteiger partial charge in [0.15, 0.2) is 0 Å². The third-order valence-corrected chi connectivity index (χ3v) is 2.21. The van der Waals surface area contributed by atoms with Crippen molar-refractivity contribution >= 4 is 5.84 Å². The average molecular weight is 193 g/mol. The van der Waals surface area contributed by atoms with E-state index in [2.05, 4.69) is 5.10 Å². The Hall–Kier alpha value is -1.58. The monoisotopic (exact) mass is 193 g/mol. The van der Waals surface area contributed by atoms with Crippen LogP contribution < -0.4 is 5.73 Å². The van der Waals surface area contributed by atoms with Crippen LogP contribution in [0.5, 0.6) is 0 Å². The van der Waals surface area contributed by atoms with Crippen molar-refractivity contribution in [2.45, 2.75) is 13.0 Å². The molecule has 0 fully saturated rings. The lowest BCUT2D eigenvalue weighted by Crippen LogP contribution is -2.14. The maximum absolute atomic E-state index is 13.2. The average Bonchev–Trinajstić information content (AvgIpc) is 2.56. The van der Waals surface area contributed by atoms with E-state index in [4.69, 9.17) is 5.73 Å². The van der Waals surface area contributed by atoms with E-state index in [1.54, 1.807) is 17.1 Å². The Balaban J connectivity index is 2.08. The SMILES string of the molecule is NC1=NN(Cc2ccccc2F)CC1. The van der Waals surface area contributed by atoms with Gasteiger partial charge in [0.25, 0.3) is 0 Å². The lowest BCUT2D eigenvalue weighted by atomic mass is 10.2. The molecule has 4 heteroatoms. The molecule has 0 bridgehead atoms. The Morgan fingerprint density at radius 3 is 2.86 bits per heavy atom. The van der Waals surface area contributed by atoms with Crippen LogP contribution in [0.3, 0.4) is 0 Å². The van der Waals surface area contributed by atoms with E-state index < -0.39 is 0 Å². The number of hydrazone groups is 1. The second-order valence-corrected chi connectivity index (χ2v) is 3.32. The molecule has 1 heterocycles. The van der Waals surface area contributed by atoms with Gasteiger partial charge in [-0.05, 0) is 6.07 Å². The number of nitrogens with zero attached hydrogens (tertiary/aromatic N) is 2. The van der Waals surface area contributed by atoms with Crippen molar-refractivity contribution in [2.75, 3.05) is 6.54 Å². The zero-order valence-corrected chi connectivity index (χ0v) is 7.78. The van der Waals surface area contributed by atoms with Crippen molar-refractivity contribution in [2.24, 2.45) is 10.8 Å². The summed E-state index contributed by atoms with van der Waals surface area (Å²) in [5.74, 6) is 0.439. The van der Waals surface area contributed by atoms with E-state index >= 15 is 0 Å². The molecule has 2 rings (SSSR count). The highest BCUT2D eigenvalue weighted by Crippen LogP contribution is 2.12. The molecule has 0 amide bonds. The molecule has 1 aliphatic heterocycles. The quantitative estimate of drug-likeness (QED) is 0.769. The van der Waals surface area contributed by atoms with Gasteiger partial charge in [0, 0.05) is 18.5 Å². The molecule has 1 aromatic rings. The van der Waals surface area contributed by atoms with Crippen molar-refractivity contribution in [3.05, 3.63) is 35.6 Å². The number of hydrogen-bond donors (Lipinski definition) is 1. The molecule has 0 radical (unpaired) electrons. The molecule has 0 saturated heterocycles. The molecule has 0 aromatic heterocycles. The Morgan fingerprint density at radius 2 is 2.21 bits per heavy atom. The molecule has 14 heavy (non-hydrogen) atoms. The van der Waals surface area contributed by atoms with Gasteiger partial charge in [-0.2, -0.15) is 5.10 Å². The first kappa shape index (κ1) is 8.99. The van der Waals surface area contributed by atoms with Crippen molar-refractivity contribution in [3.8, 4) is 0 Å². The second-order valence-electron chi connectivity index (χ2n) is 3.32. The highest BCUT2D eigenvalue weighted by molar-refractivity contribution is 5.81. The van der Waals surface area contributed by atoms with Crippen LogP contribution in [0.4, 0.5) is 4.39 Å². The molecule has 1 aromatic carbocycles. The minimum atomic E-state index is -0.187. The topological polar surface area (TPSA) is 41.6 Å². The number of nitrogens with two attached hydrogens (primary N) is 1. The van der Waals surface area contributed by atoms with E-state index in [1.807, 2.05) is 6.07 Å². The Bertz CT molecular complexity index is 362. The molecule has 3 nitrogen and oxygen atoms in total. The van der Waals surface area contributed by atoms with E-state index in [9.17, 15) is 4.39 Å². The highest BCUT2D eigenvalue weighted by atomic mass is 19.1. The minimum Gasteiger partial charge on any atom is -0.386 e. The van der Waals surface area contributed by atoms with E-state index in [1.165, 1.54) is 6.07 Å². The van der Waals surface area contributed by atoms with E-state index in [-0.39, 0.29) is 5.82 Å². The van der Waals surface area contributed by atoms with Crippen LogP contribution in [0.2, 0.25) is 0 Å². The molecule has 0 atom stereocenters. The van der Waals surface area contributed by atoms with Crippen LogP contribution in [-0.4, -0.2) is 17.4 Å². The van der Waals surface area contributed by atoms with Crippen molar-refractivity contribution < 1.29 is 4.39 Å². The minimum absolute atomic E-state index is 0.187. The molecule has 74 valence electrons. The summed E-state index contributed by atoms with van der Waals surface area (Å²) < 4.78 is 13.2. The largest absolute Gasteiger partial charge is 0.386 e. The van der Waals surface area contributed by atoms with Gasteiger partial charge in [-0.3, -0.25) is 5.01 Å². The molecule has 0 aliphatic carbocycles. The summed E-state index contributed by atoms with van der Waals surface area (Å²) in [5.41, 5.74) is 6.19. The molecular weight excluding hydrogens is 181 g/mol. The maximum Gasteiger partial charge on any atom is 0.128 e. The van der Waals surface area contributed by atoms with Gasteiger partial charge in [0.05, 0.1) is 6.54 Å². The summed E-state index contributed by atoms with van der Waals surface area (Å²) >= 11 is 0. The number of benzene rings is 1. The summed E-state index contributed by atoms with van der Waals surface area (Å²) in [7, 11) is 0.